The highest BCUT2D eigenvalue weighted by molar-refractivity contribution is 5.35. The number of aliphatic hydroxyl groups is 1. The highest BCUT2D eigenvalue weighted by Gasteiger charge is 2.32. The van der Waals surface area contributed by atoms with Gasteiger partial charge < -0.3 is 10.4 Å². The van der Waals surface area contributed by atoms with E-state index >= 15 is 0 Å². The number of hydrogen-bond acceptors (Lipinski definition) is 5. The van der Waals surface area contributed by atoms with Gasteiger partial charge in [-0.2, -0.15) is 10.2 Å². The van der Waals surface area contributed by atoms with Gasteiger partial charge in [0, 0.05) is 55.5 Å². The molecule has 4 rings (SSSR count). The van der Waals surface area contributed by atoms with Gasteiger partial charge in [0.15, 0.2) is 5.65 Å². The van der Waals surface area contributed by atoms with Crippen molar-refractivity contribution in [2.45, 2.75) is 38.1 Å². The van der Waals surface area contributed by atoms with Crippen molar-refractivity contribution in [1.82, 2.24) is 29.7 Å². The van der Waals surface area contributed by atoms with E-state index in [-0.39, 0.29) is 12.1 Å². The normalized spacial score (nSPS) is 24.5. The van der Waals surface area contributed by atoms with Crippen molar-refractivity contribution in [3.63, 3.8) is 0 Å². The molecule has 0 saturated heterocycles. The van der Waals surface area contributed by atoms with Crippen LogP contribution in [0.3, 0.4) is 0 Å². The molecule has 7 nitrogen and oxygen atoms in total. The number of hydrogen-bond donors (Lipinski definition) is 2. The number of fused-ring (bicyclic) bond motifs is 1. The highest BCUT2D eigenvalue weighted by Crippen LogP contribution is 2.27. The van der Waals surface area contributed by atoms with Crippen molar-refractivity contribution in [2.24, 2.45) is 5.92 Å². The summed E-state index contributed by atoms with van der Waals surface area (Å²) in [7, 11) is 0. The van der Waals surface area contributed by atoms with Crippen molar-refractivity contribution in [3.8, 4) is 0 Å². The maximum atomic E-state index is 10.3. The fraction of sp³-hybridized carbons (Fsp3) is 0.438. The van der Waals surface area contributed by atoms with Crippen LogP contribution in [-0.4, -0.2) is 41.6 Å². The number of rotatable bonds is 5. The van der Waals surface area contributed by atoms with E-state index in [9.17, 15) is 5.11 Å². The monoisotopic (exact) mass is 312 g/mol. The molecule has 1 unspecified atom stereocenters. The van der Waals surface area contributed by atoms with Gasteiger partial charge >= 0.3 is 0 Å². The summed E-state index contributed by atoms with van der Waals surface area (Å²) in [6, 6.07) is 3.92. The number of nitrogens with zero attached hydrogens (tertiary/aromatic N) is 5. The van der Waals surface area contributed by atoms with Crippen molar-refractivity contribution in [2.75, 3.05) is 0 Å². The third-order valence-corrected chi connectivity index (χ3v) is 4.50. The summed E-state index contributed by atoms with van der Waals surface area (Å²) in [6.45, 7) is 1.54. The van der Waals surface area contributed by atoms with Crippen LogP contribution in [0.5, 0.6) is 0 Å². The highest BCUT2D eigenvalue weighted by atomic mass is 16.3. The Labute approximate surface area is 134 Å². The summed E-state index contributed by atoms with van der Waals surface area (Å²) in [4.78, 5) is 4.36. The van der Waals surface area contributed by atoms with Crippen LogP contribution >= 0.6 is 0 Å². The van der Waals surface area contributed by atoms with Gasteiger partial charge in [-0.15, -0.1) is 0 Å². The van der Waals surface area contributed by atoms with Gasteiger partial charge in [-0.1, -0.05) is 0 Å². The topological polar surface area (TPSA) is 80.3 Å². The largest absolute Gasteiger partial charge is 0.391 e. The molecular formula is C16H20N6O. The molecule has 120 valence electrons. The summed E-state index contributed by atoms with van der Waals surface area (Å²) in [5.74, 6) is 0.453. The van der Waals surface area contributed by atoms with Gasteiger partial charge in [-0.05, 0) is 24.8 Å². The minimum atomic E-state index is -0.308. The lowest BCUT2D eigenvalue weighted by atomic mass is 10.1. The molecule has 1 fully saturated rings. The first-order valence-corrected chi connectivity index (χ1v) is 7.95. The van der Waals surface area contributed by atoms with Crippen LogP contribution in [0.4, 0.5) is 0 Å². The molecule has 3 heterocycles. The Hall–Kier alpha value is -2.25. The minimum absolute atomic E-state index is 0.115. The molecule has 1 saturated carbocycles. The summed E-state index contributed by atoms with van der Waals surface area (Å²) in [6.07, 6.45) is 10.8. The lowest BCUT2D eigenvalue weighted by molar-refractivity contribution is 0.145. The molecule has 1 aliphatic rings. The molecular weight excluding hydrogens is 292 g/mol. The standard InChI is InChI=1S/C16H20N6O/c23-15-7-12(10-21-5-1-3-19-21)6-14(15)17-8-13-9-18-16-2-4-20-22(16)11-13/h1-5,9,11-12,14-15,17,23H,6-8,10H2/t12?,14-,15-/m1/s1. The van der Waals surface area contributed by atoms with E-state index in [1.165, 1.54) is 0 Å². The molecule has 0 aliphatic heterocycles. The number of nitrogens with one attached hydrogen (secondary N) is 1. The van der Waals surface area contributed by atoms with Crippen molar-refractivity contribution < 1.29 is 5.11 Å². The van der Waals surface area contributed by atoms with Crippen LogP contribution in [0.1, 0.15) is 18.4 Å². The van der Waals surface area contributed by atoms with Crippen LogP contribution < -0.4 is 5.32 Å². The predicted molar refractivity (Wildman–Crippen MR) is 84.6 cm³/mol. The number of aromatic nitrogens is 5. The van der Waals surface area contributed by atoms with E-state index in [1.807, 2.05) is 35.4 Å². The van der Waals surface area contributed by atoms with Gasteiger partial charge in [0.05, 0.1) is 12.3 Å². The predicted octanol–water partition coefficient (Wildman–Crippen LogP) is 0.855. The average molecular weight is 312 g/mol. The maximum absolute atomic E-state index is 10.3. The zero-order valence-electron chi connectivity index (χ0n) is 12.8. The Bertz CT molecular complexity index is 768. The molecule has 0 aromatic carbocycles. The zero-order chi connectivity index (χ0) is 15.6. The van der Waals surface area contributed by atoms with E-state index in [4.69, 9.17) is 0 Å². The third-order valence-electron chi connectivity index (χ3n) is 4.50. The Balaban J connectivity index is 1.35. The average Bonchev–Trinajstić information content (AvgIpc) is 3.26. The first kappa shape index (κ1) is 14.3. The Morgan fingerprint density at radius 3 is 3.09 bits per heavy atom. The molecule has 7 heteroatoms. The maximum Gasteiger partial charge on any atom is 0.154 e. The second-order valence-corrected chi connectivity index (χ2v) is 6.22. The smallest absolute Gasteiger partial charge is 0.154 e. The van der Waals surface area contributed by atoms with Crippen molar-refractivity contribution >= 4 is 5.65 Å². The second kappa shape index (κ2) is 6.10. The molecule has 0 spiro atoms. The Morgan fingerprint density at radius 2 is 2.22 bits per heavy atom. The summed E-state index contributed by atoms with van der Waals surface area (Å²) >= 11 is 0. The summed E-state index contributed by atoms with van der Waals surface area (Å²) in [5, 5.41) is 22.2. The van der Waals surface area contributed by atoms with E-state index in [0.717, 1.165) is 30.6 Å². The minimum Gasteiger partial charge on any atom is -0.391 e. The molecule has 3 aromatic heterocycles. The molecule has 23 heavy (non-hydrogen) atoms. The van der Waals surface area contributed by atoms with Crippen LogP contribution in [0.15, 0.2) is 43.1 Å². The van der Waals surface area contributed by atoms with Crippen LogP contribution in [0.25, 0.3) is 5.65 Å². The van der Waals surface area contributed by atoms with Gasteiger partial charge in [-0.25, -0.2) is 9.50 Å². The molecule has 0 amide bonds. The van der Waals surface area contributed by atoms with E-state index in [2.05, 4.69) is 20.5 Å². The molecule has 3 atom stereocenters. The van der Waals surface area contributed by atoms with Crippen molar-refractivity contribution in [3.05, 3.63) is 48.7 Å². The lowest BCUT2D eigenvalue weighted by Crippen LogP contribution is -2.35. The Morgan fingerprint density at radius 1 is 1.26 bits per heavy atom. The SMILES string of the molecule is O[C@@H]1CC(Cn2cccn2)C[C@H]1NCc1cnc2ccnn2c1. The third kappa shape index (κ3) is 3.11. The van der Waals surface area contributed by atoms with Crippen molar-refractivity contribution in [1.29, 1.82) is 0 Å². The Kier molecular flexibility index (Phi) is 3.80. The van der Waals surface area contributed by atoms with Crippen LogP contribution in [-0.2, 0) is 13.1 Å². The molecule has 1 aliphatic carbocycles. The zero-order valence-corrected chi connectivity index (χ0v) is 12.8. The fourth-order valence-electron chi connectivity index (χ4n) is 3.35. The first-order valence-electron chi connectivity index (χ1n) is 7.95. The van der Waals surface area contributed by atoms with E-state index < -0.39 is 0 Å². The van der Waals surface area contributed by atoms with Crippen LogP contribution in [0.2, 0.25) is 0 Å². The van der Waals surface area contributed by atoms with Gasteiger partial charge in [-0.3, -0.25) is 4.68 Å². The molecule has 0 bridgehead atoms. The second-order valence-electron chi connectivity index (χ2n) is 6.22. The lowest BCUT2D eigenvalue weighted by Gasteiger charge is -2.16. The summed E-state index contributed by atoms with van der Waals surface area (Å²) < 4.78 is 3.71. The molecule has 2 N–H and O–H groups in total. The van der Waals surface area contributed by atoms with Gasteiger partial charge in [0.2, 0.25) is 0 Å². The van der Waals surface area contributed by atoms with E-state index in [0.29, 0.717) is 12.5 Å². The molecule has 3 aromatic rings. The first-order chi connectivity index (χ1) is 11.3. The van der Waals surface area contributed by atoms with Gasteiger partial charge in [0.1, 0.15) is 0 Å². The molecule has 0 radical (unpaired) electrons. The van der Waals surface area contributed by atoms with Gasteiger partial charge in [0.25, 0.3) is 0 Å². The van der Waals surface area contributed by atoms with E-state index in [1.54, 1.807) is 16.9 Å². The fourth-order valence-corrected chi connectivity index (χ4v) is 3.35. The van der Waals surface area contributed by atoms with Crippen LogP contribution in [0, 0.1) is 5.92 Å². The summed E-state index contributed by atoms with van der Waals surface area (Å²) in [5.41, 5.74) is 1.90. The quantitative estimate of drug-likeness (QED) is 0.730. The number of aliphatic hydroxyl groups excluding tert-OH is 1.